The Morgan fingerprint density at radius 2 is 2.36 bits per heavy atom. The fourth-order valence-corrected chi connectivity index (χ4v) is 1.46. The minimum atomic E-state index is -0.631. The summed E-state index contributed by atoms with van der Waals surface area (Å²) in [6.45, 7) is 7.38. The van der Waals surface area contributed by atoms with Gasteiger partial charge in [-0.15, -0.1) is 6.58 Å². The van der Waals surface area contributed by atoms with Crippen LogP contribution in [0, 0.1) is 0 Å². The van der Waals surface area contributed by atoms with E-state index in [9.17, 15) is 9.90 Å². The molecule has 1 heterocycles. The number of aliphatic hydroxyl groups is 1. The summed E-state index contributed by atoms with van der Waals surface area (Å²) in [7, 11) is 0. The van der Waals surface area contributed by atoms with E-state index in [2.05, 4.69) is 11.9 Å². The monoisotopic (exact) mass is 198 g/mol. The highest BCUT2D eigenvalue weighted by atomic mass is 16.3. The number of β-amino-alcohol motifs (C(OH)–C–C–N with tert-alkyl or cyclic N) is 1. The smallest absolute Gasteiger partial charge is 0.236 e. The van der Waals surface area contributed by atoms with Crippen molar-refractivity contribution in [1.82, 2.24) is 10.2 Å². The summed E-state index contributed by atoms with van der Waals surface area (Å²) in [6, 6.07) is 0. The van der Waals surface area contributed by atoms with Crippen LogP contribution in [0.5, 0.6) is 0 Å². The first-order chi connectivity index (χ1) is 6.61. The van der Waals surface area contributed by atoms with Crippen LogP contribution >= 0.6 is 0 Å². The molecule has 0 radical (unpaired) electrons. The first kappa shape index (κ1) is 11.2. The fourth-order valence-electron chi connectivity index (χ4n) is 1.46. The average molecular weight is 198 g/mol. The lowest BCUT2D eigenvalue weighted by molar-refractivity contribution is -0.154. The molecule has 0 atom stereocenters. The summed E-state index contributed by atoms with van der Waals surface area (Å²) in [5, 5.41) is 12.6. The molecule has 1 fully saturated rings. The van der Waals surface area contributed by atoms with Crippen LogP contribution in [0.25, 0.3) is 0 Å². The highest BCUT2D eigenvalue weighted by molar-refractivity contribution is 5.79. The topological polar surface area (TPSA) is 52.6 Å². The lowest BCUT2D eigenvalue weighted by atomic mass is 9.91. The number of nitrogens with one attached hydrogen (secondary N) is 1. The van der Waals surface area contributed by atoms with E-state index in [-0.39, 0.29) is 5.91 Å². The van der Waals surface area contributed by atoms with Gasteiger partial charge in [0.1, 0.15) is 0 Å². The van der Waals surface area contributed by atoms with Crippen molar-refractivity contribution in [1.29, 1.82) is 0 Å². The molecule has 0 saturated carbocycles. The number of amides is 1. The Kier molecular flexibility index (Phi) is 3.66. The number of carbonyl (C=O) groups is 1. The van der Waals surface area contributed by atoms with Gasteiger partial charge in [0.25, 0.3) is 0 Å². The van der Waals surface area contributed by atoms with Gasteiger partial charge in [0.05, 0.1) is 25.2 Å². The molecule has 0 aromatic rings. The van der Waals surface area contributed by atoms with E-state index in [0.29, 0.717) is 32.6 Å². The average Bonchev–Trinajstić information content (AvgIpc) is 2.13. The molecule has 0 unspecified atom stereocenters. The molecule has 4 heteroatoms. The largest absolute Gasteiger partial charge is 0.386 e. The van der Waals surface area contributed by atoms with Crippen molar-refractivity contribution < 1.29 is 9.90 Å². The normalized spacial score (nSPS) is 18.9. The van der Waals surface area contributed by atoms with Crippen LogP contribution < -0.4 is 5.32 Å². The maximum Gasteiger partial charge on any atom is 0.236 e. The number of hydrogen-bond acceptors (Lipinski definition) is 3. The third-order valence-electron chi connectivity index (χ3n) is 2.55. The van der Waals surface area contributed by atoms with Crippen LogP contribution in [0.2, 0.25) is 0 Å². The molecule has 80 valence electrons. The van der Waals surface area contributed by atoms with Gasteiger partial charge in [-0.1, -0.05) is 13.0 Å². The maximum atomic E-state index is 11.4. The molecular formula is C10H18N2O2. The number of hydrogen-bond donors (Lipinski definition) is 2. The summed E-state index contributed by atoms with van der Waals surface area (Å²) >= 11 is 0. The Morgan fingerprint density at radius 1 is 1.71 bits per heavy atom. The molecule has 0 spiro atoms. The Morgan fingerprint density at radius 3 is 2.86 bits per heavy atom. The lowest BCUT2D eigenvalue weighted by Crippen LogP contribution is -2.64. The van der Waals surface area contributed by atoms with Crippen molar-refractivity contribution in [2.24, 2.45) is 0 Å². The third kappa shape index (κ3) is 2.56. The van der Waals surface area contributed by atoms with Gasteiger partial charge >= 0.3 is 0 Å². The number of carbonyl (C=O) groups excluding carboxylic acids is 1. The second-order valence-corrected chi connectivity index (χ2v) is 3.75. The highest BCUT2D eigenvalue weighted by Crippen LogP contribution is 2.23. The second-order valence-electron chi connectivity index (χ2n) is 3.75. The Hall–Kier alpha value is -0.870. The quantitative estimate of drug-likeness (QED) is 0.473. The van der Waals surface area contributed by atoms with Crippen molar-refractivity contribution >= 4 is 5.91 Å². The van der Waals surface area contributed by atoms with Gasteiger partial charge in [0, 0.05) is 6.54 Å². The molecular weight excluding hydrogens is 180 g/mol. The molecule has 4 nitrogen and oxygen atoms in total. The van der Waals surface area contributed by atoms with E-state index in [4.69, 9.17) is 0 Å². The summed E-state index contributed by atoms with van der Waals surface area (Å²) < 4.78 is 0. The predicted molar refractivity (Wildman–Crippen MR) is 54.9 cm³/mol. The standard InChI is InChI=1S/C10H18N2O2/c1-3-5-11-6-9(13)12-7-10(14,4-2)8-12/h3,11,14H,1,4-8H2,2H3. The van der Waals surface area contributed by atoms with Crippen molar-refractivity contribution in [3.8, 4) is 0 Å². The van der Waals surface area contributed by atoms with Crippen LogP contribution in [0.3, 0.4) is 0 Å². The van der Waals surface area contributed by atoms with Crippen LogP contribution in [-0.2, 0) is 4.79 Å². The van der Waals surface area contributed by atoms with Crippen LogP contribution in [-0.4, -0.2) is 47.7 Å². The van der Waals surface area contributed by atoms with Gasteiger partial charge in [-0.05, 0) is 6.42 Å². The van der Waals surface area contributed by atoms with E-state index in [0.717, 1.165) is 0 Å². The highest BCUT2D eigenvalue weighted by Gasteiger charge is 2.41. The van der Waals surface area contributed by atoms with Gasteiger partial charge < -0.3 is 15.3 Å². The Balaban J connectivity index is 2.19. The maximum absolute atomic E-state index is 11.4. The number of nitrogens with zero attached hydrogens (tertiary/aromatic N) is 1. The SMILES string of the molecule is C=CCNCC(=O)N1CC(O)(CC)C1. The molecule has 2 N–H and O–H groups in total. The lowest BCUT2D eigenvalue weighted by Gasteiger charge is -2.46. The second kappa shape index (κ2) is 4.57. The summed E-state index contributed by atoms with van der Waals surface area (Å²) in [5.41, 5.74) is -0.631. The predicted octanol–water partition coefficient (Wildman–Crippen LogP) is -0.255. The molecule has 1 amide bonds. The minimum Gasteiger partial charge on any atom is -0.386 e. The van der Waals surface area contributed by atoms with Crippen LogP contribution in [0.1, 0.15) is 13.3 Å². The third-order valence-corrected chi connectivity index (χ3v) is 2.55. The van der Waals surface area contributed by atoms with Gasteiger partial charge in [0.2, 0.25) is 5.91 Å². The Bertz CT molecular complexity index is 222. The number of likely N-dealkylation sites (tertiary alicyclic amines) is 1. The van der Waals surface area contributed by atoms with Crippen molar-refractivity contribution in [3.63, 3.8) is 0 Å². The van der Waals surface area contributed by atoms with E-state index in [1.165, 1.54) is 0 Å². The fraction of sp³-hybridized carbons (Fsp3) is 0.700. The molecule has 1 aliphatic heterocycles. The number of rotatable bonds is 5. The zero-order valence-corrected chi connectivity index (χ0v) is 8.62. The zero-order valence-electron chi connectivity index (χ0n) is 8.62. The van der Waals surface area contributed by atoms with Crippen molar-refractivity contribution in [2.75, 3.05) is 26.2 Å². The summed E-state index contributed by atoms with van der Waals surface area (Å²) in [4.78, 5) is 13.1. The zero-order chi connectivity index (χ0) is 10.6. The minimum absolute atomic E-state index is 0.0463. The van der Waals surface area contributed by atoms with Gasteiger partial charge in [-0.25, -0.2) is 0 Å². The van der Waals surface area contributed by atoms with E-state index < -0.39 is 5.60 Å². The molecule has 0 aliphatic carbocycles. The van der Waals surface area contributed by atoms with Crippen molar-refractivity contribution in [2.45, 2.75) is 18.9 Å². The van der Waals surface area contributed by atoms with Gasteiger partial charge in [-0.2, -0.15) is 0 Å². The Labute approximate surface area is 84.6 Å². The molecule has 1 rings (SSSR count). The molecule has 1 saturated heterocycles. The van der Waals surface area contributed by atoms with Gasteiger partial charge in [-0.3, -0.25) is 4.79 Å². The molecule has 14 heavy (non-hydrogen) atoms. The molecule has 1 aliphatic rings. The van der Waals surface area contributed by atoms with Crippen molar-refractivity contribution in [3.05, 3.63) is 12.7 Å². The first-order valence-corrected chi connectivity index (χ1v) is 4.93. The summed E-state index contributed by atoms with van der Waals surface area (Å²) in [6.07, 6.45) is 2.42. The van der Waals surface area contributed by atoms with E-state index in [1.807, 2.05) is 6.92 Å². The summed E-state index contributed by atoms with van der Waals surface area (Å²) in [5.74, 6) is 0.0463. The molecule has 0 aromatic heterocycles. The van der Waals surface area contributed by atoms with Crippen LogP contribution in [0.4, 0.5) is 0 Å². The van der Waals surface area contributed by atoms with Crippen LogP contribution in [0.15, 0.2) is 12.7 Å². The van der Waals surface area contributed by atoms with E-state index in [1.54, 1.807) is 11.0 Å². The first-order valence-electron chi connectivity index (χ1n) is 4.93. The van der Waals surface area contributed by atoms with Gasteiger partial charge in [0.15, 0.2) is 0 Å². The van der Waals surface area contributed by atoms with E-state index >= 15 is 0 Å². The molecule has 0 aromatic carbocycles. The molecule has 0 bridgehead atoms.